The lowest BCUT2D eigenvalue weighted by Gasteiger charge is -2.24. The second kappa shape index (κ2) is 6.29. The molecule has 0 aliphatic carbocycles. The van der Waals surface area contributed by atoms with Crippen molar-refractivity contribution in [1.29, 1.82) is 0 Å². The van der Waals surface area contributed by atoms with Crippen molar-refractivity contribution in [2.45, 2.75) is 19.1 Å². The summed E-state index contributed by atoms with van der Waals surface area (Å²) in [6, 6.07) is 7.07. The van der Waals surface area contributed by atoms with Gasteiger partial charge in [0, 0.05) is 25.3 Å². The first-order valence-corrected chi connectivity index (χ1v) is 7.26. The van der Waals surface area contributed by atoms with E-state index < -0.39 is 5.97 Å². The molecule has 0 spiro atoms. The SMILES string of the molecule is CO[C@H]1CCCN1c1cc(C(=O)O)nc(-c2ccc(F)cc2)n1. The van der Waals surface area contributed by atoms with Gasteiger partial charge in [0.25, 0.3) is 0 Å². The summed E-state index contributed by atoms with van der Waals surface area (Å²) in [4.78, 5) is 21.8. The largest absolute Gasteiger partial charge is 0.477 e. The van der Waals surface area contributed by atoms with Crippen LogP contribution in [0.2, 0.25) is 0 Å². The van der Waals surface area contributed by atoms with Gasteiger partial charge in [0.1, 0.15) is 17.9 Å². The van der Waals surface area contributed by atoms with Crippen LogP contribution in [-0.2, 0) is 4.74 Å². The molecule has 0 radical (unpaired) electrons. The first-order chi connectivity index (χ1) is 11.1. The predicted molar refractivity (Wildman–Crippen MR) is 81.8 cm³/mol. The second-order valence-corrected chi connectivity index (χ2v) is 5.27. The van der Waals surface area contributed by atoms with Crippen molar-refractivity contribution in [3.63, 3.8) is 0 Å². The van der Waals surface area contributed by atoms with E-state index in [9.17, 15) is 14.3 Å². The molecule has 1 fully saturated rings. The Balaban J connectivity index is 2.06. The van der Waals surface area contributed by atoms with E-state index >= 15 is 0 Å². The number of carboxylic acids is 1. The van der Waals surface area contributed by atoms with E-state index in [2.05, 4.69) is 9.97 Å². The van der Waals surface area contributed by atoms with E-state index in [1.807, 2.05) is 4.90 Å². The Bertz CT molecular complexity index is 721. The van der Waals surface area contributed by atoms with Gasteiger partial charge in [0.05, 0.1) is 0 Å². The highest BCUT2D eigenvalue weighted by atomic mass is 19.1. The van der Waals surface area contributed by atoms with Crippen LogP contribution in [0.5, 0.6) is 0 Å². The molecule has 7 heteroatoms. The quantitative estimate of drug-likeness (QED) is 0.934. The Labute approximate surface area is 132 Å². The fourth-order valence-corrected chi connectivity index (χ4v) is 2.66. The van der Waals surface area contributed by atoms with Crippen molar-refractivity contribution in [3.05, 3.63) is 41.8 Å². The van der Waals surface area contributed by atoms with Gasteiger partial charge in [-0.3, -0.25) is 0 Å². The minimum atomic E-state index is -1.13. The number of benzene rings is 1. The van der Waals surface area contributed by atoms with Crippen LogP contribution in [0.1, 0.15) is 23.3 Å². The predicted octanol–water partition coefficient (Wildman–Crippen LogP) is 2.55. The number of hydrogen-bond acceptors (Lipinski definition) is 5. The molecule has 1 N–H and O–H groups in total. The molecule has 23 heavy (non-hydrogen) atoms. The molecule has 1 aliphatic heterocycles. The number of halogens is 1. The second-order valence-electron chi connectivity index (χ2n) is 5.27. The average Bonchev–Trinajstić information content (AvgIpc) is 3.03. The average molecular weight is 317 g/mol. The molecule has 1 aromatic carbocycles. The number of aromatic carboxylic acids is 1. The first-order valence-electron chi connectivity index (χ1n) is 7.26. The van der Waals surface area contributed by atoms with Gasteiger partial charge in [-0.2, -0.15) is 0 Å². The van der Waals surface area contributed by atoms with Crippen LogP contribution in [0.4, 0.5) is 10.2 Å². The van der Waals surface area contributed by atoms with Crippen molar-refractivity contribution in [2.24, 2.45) is 0 Å². The summed E-state index contributed by atoms with van der Waals surface area (Å²) in [5.74, 6) is -0.754. The van der Waals surface area contributed by atoms with Gasteiger partial charge < -0.3 is 14.7 Å². The zero-order valence-corrected chi connectivity index (χ0v) is 12.6. The molecule has 1 aliphatic rings. The third-order valence-corrected chi connectivity index (χ3v) is 3.80. The van der Waals surface area contributed by atoms with E-state index in [1.165, 1.54) is 30.3 Å². The standard InChI is InChI=1S/C16H16FN3O3/c1-23-14-3-2-8-20(14)13-9-12(16(21)22)18-15(19-13)10-4-6-11(17)7-5-10/h4-7,9,14H,2-3,8H2,1H3,(H,21,22)/t14-/m0/s1. The fourth-order valence-electron chi connectivity index (χ4n) is 2.66. The normalized spacial score (nSPS) is 17.5. The molecule has 0 amide bonds. The Kier molecular flexibility index (Phi) is 4.20. The Morgan fingerprint density at radius 1 is 1.35 bits per heavy atom. The van der Waals surface area contributed by atoms with E-state index in [0.29, 0.717) is 11.4 Å². The maximum Gasteiger partial charge on any atom is 0.354 e. The number of nitrogens with zero attached hydrogens (tertiary/aromatic N) is 3. The number of anilines is 1. The summed E-state index contributed by atoms with van der Waals surface area (Å²) in [7, 11) is 1.61. The number of hydrogen-bond donors (Lipinski definition) is 1. The lowest BCUT2D eigenvalue weighted by Crippen LogP contribution is -2.31. The number of aromatic nitrogens is 2. The summed E-state index contributed by atoms with van der Waals surface area (Å²) in [6.07, 6.45) is 1.67. The fraction of sp³-hybridized carbons (Fsp3) is 0.312. The summed E-state index contributed by atoms with van der Waals surface area (Å²) in [5, 5.41) is 9.29. The molecule has 0 saturated carbocycles. The molecule has 0 bridgehead atoms. The number of carboxylic acid groups (broad SMARTS) is 1. The molecule has 1 saturated heterocycles. The lowest BCUT2D eigenvalue weighted by molar-refractivity contribution is 0.0690. The van der Waals surface area contributed by atoms with E-state index in [4.69, 9.17) is 4.74 Å². The molecule has 1 atom stereocenters. The summed E-state index contributed by atoms with van der Waals surface area (Å²) < 4.78 is 18.5. The molecule has 120 valence electrons. The maximum absolute atomic E-state index is 13.1. The molecule has 6 nitrogen and oxygen atoms in total. The summed E-state index contributed by atoms with van der Waals surface area (Å²) >= 11 is 0. The minimum Gasteiger partial charge on any atom is -0.477 e. The topological polar surface area (TPSA) is 75.5 Å². The van der Waals surface area contributed by atoms with Gasteiger partial charge in [0.2, 0.25) is 0 Å². The van der Waals surface area contributed by atoms with Crippen molar-refractivity contribution in [3.8, 4) is 11.4 Å². The van der Waals surface area contributed by atoms with Crippen molar-refractivity contribution in [2.75, 3.05) is 18.6 Å². The van der Waals surface area contributed by atoms with E-state index in [0.717, 1.165) is 19.4 Å². The minimum absolute atomic E-state index is 0.101. The van der Waals surface area contributed by atoms with Gasteiger partial charge in [-0.15, -0.1) is 0 Å². The first kappa shape index (κ1) is 15.4. The van der Waals surface area contributed by atoms with Crippen LogP contribution < -0.4 is 4.90 Å². The Hall–Kier alpha value is -2.54. The van der Waals surface area contributed by atoms with Gasteiger partial charge in [-0.1, -0.05) is 0 Å². The van der Waals surface area contributed by atoms with Crippen LogP contribution >= 0.6 is 0 Å². The zero-order valence-electron chi connectivity index (χ0n) is 12.6. The Morgan fingerprint density at radius 3 is 2.74 bits per heavy atom. The number of carbonyl (C=O) groups is 1. The van der Waals surface area contributed by atoms with E-state index in [1.54, 1.807) is 7.11 Å². The zero-order chi connectivity index (χ0) is 16.4. The molecule has 1 aromatic heterocycles. The highest BCUT2D eigenvalue weighted by molar-refractivity contribution is 5.87. The van der Waals surface area contributed by atoms with Gasteiger partial charge in [-0.25, -0.2) is 19.2 Å². The Morgan fingerprint density at radius 2 is 2.09 bits per heavy atom. The molecule has 2 aromatic rings. The van der Waals surface area contributed by atoms with Crippen LogP contribution in [0.3, 0.4) is 0 Å². The van der Waals surface area contributed by atoms with E-state index in [-0.39, 0.29) is 23.6 Å². The monoisotopic (exact) mass is 317 g/mol. The molecule has 0 unspecified atom stereocenters. The highest BCUT2D eigenvalue weighted by Crippen LogP contribution is 2.27. The van der Waals surface area contributed by atoms with Crippen LogP contribution in [-0.4, -0.2) is 40.9 Å². The van der Waals surface area contributed by atoms with Crippen molar-refractivity contribution >= 4 is 11.8 Å². The third kappa shape index (κ3) is 3.14. The number of rotatable bonds is 4. The van der Waals surface area contributed by atoms with Gasteiger partial charge in [-0.05, 0) is 37.1 Å². The van der Waals surface area contributed by atoms with Crippen molar-refractivity contribution in [1.82, 2.24) is 9.97 Å². The summed E-state index contributed by atoms with van der Waals surface area (Å²) in [6.45, 7) is 0.734. The van der Waals surface area contributed by atoms with Gasteiger partial charge >= 0.3 is 5.97 Å². The molecular weight excluding hydrogens is 301 g/mol. The molecule has 2 heterocycles. The van der Waals surface area contributed by atoms with Gasteiger partial charge in [0.15, 0.2) is 11.5 Å². The third-order valence-electron chi connectivity index (χ3n) is 3.80. The maximum atomic E-state index is 13.1. The summed E-state index contributed by atoms with van der Waals surface area (Å²) in [5.41, 5.74) is 0.458. The molecular formula is C16H16FN3O3. The number of ether oxygens (including phenoxy) is 1. The van der Waals surface area contributed by atoms with Crippen LogP contribution in [0, 0.1) is 5.82 Å². The highest BCUT2D eigenvalue weighted by Gasteiger charge is 2.27. The lowest BCUT2D eigenvalue weighted by atomic mass is 10.2. The molecule has 3 rings (SSSR count). The van der Waals surface area contributed by atoms with Crippen molar-refractivity contribution < 1.29 is 19.0 Å². The number of methoxy groups -OCH3 is 1. The smallest absolute Gasteiger partial charge is 0.354 e. The van der Waals surface area contributed by atoms with Crippen LogP contribution in [0.15, 0.2) is 30.3 Å². The van der Waals surface area contributed by atoms with Crippen LogP contribution in [0.25, 0.3) is 11.4 Å².